The van der Waals surface area contributed by atoms with Crippen molar-refractivity contribution in [2.45, 2.75) is 6.92 Å². The minimum Gasteiger partial charge on any atom is -0.360 e. The van der Waals surface area contributed by atoms with Crippen LogP contribution >= 0.6 is 23.2 Å². The summed E-state index contributed by atoms with van der Waals surface area (Å²) in [5, 5.41) is 8.58. The Morgan fingerprint density at radius 3 is 2.48 bits per heavy atom. The molecule has 0 saturated heterocycles. The SMILES string of the molecule is Cc1onc(-c2c(Cl)cccc2Cl)c1C=NOC(=O)c1ccccc1. The largest absolute Gasteiger partial charge is 0.365 e. The molecule has 3 aromatic rings. The average Bonchev–Trinajstić information content (AvgIpc) is 2.96. The van der Waals surface area contributed by atoms with Crippen LogP contribution in [0.3, 0.4) is 0 Å². The molecule has 0 fully saturated rings. The summed E-state index contributed by atoms with van der Waals surface area (Å²) >= 11 is 12.4. The van der Waals surface area contributed by atoms with Gasteiger partial charge in [-0.05, 0) is 31.2 Å². The second kappa shape index (κ2) is 7.51. The van der Waals surface area contributed by atoms with Crippen LogP contribution in [0.4, 0.5) is 0 Å². The summed E-state index contributed by atoms with van der Waals surface area (Å²) in [6, 6.07) is 13.7. The van der Waals surface area contributed by atoms with Crippen LogP contribution in [-0.2, 0) is 4.84 Å². The van der Waals surface area contributed by atoms with Crippen LogP contribution in [-0.4, -0.2) is 17.3 Å². The Bertz CT molecular complexity index is 916. The van der Waals surface area contributed by atoms with Crippen molar-refractivity contribution in [1.29, 1.82) is 0 Å². The van der Waals surface area contributed by atoms with Crippen molar-refractivity contribution < 1.29 is 14.2 Å². The van der Waals surface area contributed by atoms with Crippen molar-refractivity contribution >= 4 is 35.4 Å². The van der Waals surface area contributed by atoms with Gasteiger partial charge in [-0.1, -0.05) is 57.8 Å². The van der Waals surface area contributed by atoms with Gasteiger partial charge in [0.2, 0.25) is 0 Å². The Kier molecular flexibility index (Phi) is 5.16. The lowest BCUT2D eigenvalue weighted by molar-refractivity contribution is 0.0519. The normalized spacial score (nSPS) is 11.0. The molecule has 0 spiro atoms. The van der Waals surface area contributed by atoms with E-state index in [1.165, 1.54) is 6.21 Å². The summed E-state index contributed by atoms with van der Waals surface area (Å²) < 4.78 is 5.20. The number of aromatic nitrogens is 1. The van der Waals surface area contributed by atoms with E-state index < -0.39 is 5.97 Å². The number of hydrogen-bond acceptors (Lipinski definition) is 5. The summed E-state index contributed by atoms with van der Waals surface area (Å²) in [6.45, 7) is 1.71. The highest BCUT2D eigenvalue weighted by Gasteiger charge is 2.18. The highest BCUT2D eigenvalue weighted by Crippen LogP contribution is 2.36. The lowest BCUT2D eigenvalue weighted by Gasteiger charge is -2.04. The first-order valence-electron chi connectivity index (χ1n) is 7.28. The maximum Gasteiger partial charge on any atom is 0.365 e. The standard InChI is InChI=1S/C18H12Cl2N2O3/c1-11-13(10-21-25-18(23)12-6-3-2-4-7-12)17(22-24-11)16-14(19)8-5-9-15(16)20/h2-10H,1H3. The van der Waals surface area contributed by atoms with Gasteiger partial charge >= 0.3 is 5.97 Å². The van der Waals surface area contributed by atoms with Gasteiger partial charge in [0, 0.05) is 5.56 Å². The number of carbonyl (C=O) groups excluding carboxylic acids is 1. The van der Waals surface area contributed by atoms with E-state index in [1.54, 1.807) is 55.5 Å². The topological polar surface area (TPSA) is 64.7 Å². The fourth-order valence-electron chi connectivity index (χ4n) is 2.19. The third-order valence-electron chi connectivity index (χ3n) is 3.43. The van der Waals surface area contributed by atoms with Gasteiger partial charge in [-0.15, -0.1) is 0 Å². The second-order valence-electron chi connectivity index (χ2n) is 5.08. The van der Waals surface area contributed by atoms with Crippen LogP contribution in [0.1, 0.15) is 21.7 Å². The van der Waals surface area contributed by atoms with Gasteiger partial charge in [0.15, 0.2) is 0 Å². The molecule has 0 bridgehead atoms. The summed E-state index contributed by atoms with van der Waals surface area (Å²) in [5.41, 5.74) is 1.87. The molecule has 0 amide bonds. The summed E-state index contributed by atoms with van der Waals surface area (Å²) in [6.07, 6.45) is 1.35. The van der Waals surface area contributed by atoms with Crippen LogP contribution in [0.25, 0.3) is 11.3 Å². The first-order chi connectivity index (χ1) is 12.1. The third kappa shape index (κ3) is 3.73. The summed E-state index contributed by atoms with van der Waals surface area (Å²) in [4.78, 5) is 16.8. The molecule has 3 rings (SSSR count). The van der Waals surface area contributed by atoms with Gasteiger partial charge in [-0.2, -0.15) is 0 Å². The average molecular weight is 375 g/mol. The molecule has 0 atom stereocenters. The van der Waals surface area contributed by atoms with Gasteiger partial charge in [0.1, 0.15) is 11.5 Å². The molecular formula is C18H12Cl2N2O3. The molecule has 0 radical (unpaired) electrons. The first kappa shape index (κ1) is 17.2. The number of rotatable bonds is 4. The van der Waals surface area contributed by atoms with Crippen molar-refractivity contribution in [1.82, 2.24) is 5.16 Å². The van der Waals surface area contributed by atoms with E-state index in [9.17, 15) is 4.79 Å². The number of halogens is 2. The highest BCUT2D eigenvalue weighted by molar-refractivity contribution is 6.39. The maximum absolute atomic E-state index is 11.9. The van der Waals surface area contributed by atoms with Crippen molar-refractivity contribution in [3.63, 3.8) is 0 Å². The molecule has 1 aromatic heterocycles. The van der Waals surface area contributed by atoms with Gasteiger partial charge in [0.25, 0.3) is 0 Å². The van der Waals surface area contributed by atoms with Crippen LogP contribution in [0, 0.1) is 6.92 Å². The number of oxime groups is 1. The molecule has 1 heterocycles. The molecule has 126 valence electrons. The molecular weight excluding hydrogens is 363 g/mol. The van der Waals surface area contributed by atoms with Crippen LogP contribution in [0.5, 0.6) is 0 Å². The lowest BCUT2D eigenvalue weighted by Crippen LogP contribution is -2.00. The second-order valence-corrected chi connectivity index (χ2v) is 5.89. The number of benzene rings is 2. The molecule has 0 N–H and O–H groups in total. The molecule has 2 aromatic carbocycles. The molecule has 0 aliphatic heterocycles. The van der Waals surface area contributed by atoms with Crippen LogP contribution < -0.4 is 0 Å². The minimum atomic E-state index is -0.566. The van der Waals surface area contributed by atoms with E-state index in [2.05, 4.69) is 10.3 Å². The van der Waals surface area contributed by atoms with Crippen molar-refractivity contribution in [3.05, 3.63) is 75.5 Å². The molecule has 0 unspecified atom stereocenters. The number of carbonyl (C=O) groups is 1. The van der Waals surface area contributed by atoms with Crippen molar-refractivity contribution in [2.75, 3.05) is 0 Å². The van der Waals surface area contributed by atoms with E-state index in [-0.39, 0.29) is 0 Å². The Labute approximate surface area is 153 Å². The number of nitrogens with zero attached hydrogens (tertiary/aromatic N) is 2. The monoisotopic (exact) mass is 374 g/mol. The van der Waals surface area contributed by atoms with E-state index in [4.69, 9.17) is 32.6 Å². The zero-order valence-electron chi connectivity index (χ0n) is 13.1. The number of hydrogen-bond donors (Lipinski definition) is 0. The molecule has 0 aliphatic carbocycles. The van der Waals surface area contributed by atoms with Crippen LogP contribution in [0.2, 0.25) is 10.0 Å². The molecule has 25 heavy (non-hydrogen) atoms. The molecule has 0 saturated carbocycles. The van der Waals surface area contributed by atoms with Crippen molar-refractivity contribution in [2.24, 2.45) is 5.16 Å². The molecule has 7 heteroatoms. The zero-order chi connectivity index (χ0) is 17.8. The van der Waals surface area contributed by atoms with Gasteiger partial charge in [-0.3, -0.25) is 0 Å². The quantitative estimate of drug-likeness (QED) is 0.360. The Hall–Kier alpha value is -2.63. The molecule has 5 nitrogen and oxygen atoms in total. The van der Waals surface area contributed by atoms with E-state index in [0.717, 1.165) is 0 Å². The number of aryl methyl sites for hydroxylation is 1. The maximum atomic E-state index is 11.9. The predicted molar refractivity (Wildman–Crippen MR) is 96.1 cm³/mol. The Morgan fingerprint density at radius 1 is 1.12 bits per heavy atom. The Morgan fingerprint density at radius 2 is 1.80 bits per heavy atom. The minimum absolute atomic E-state index is 0.399. The Balaban J connectivity index is 1.87. The zero-order valence-corrected chi connectivity index (χ0v) is 14.6. The van der Waals surface area contributed by atoms with E-state index in [0.29, 0.717) is 38.2 Å². The third-order valence-corrected chi connectivity index (χ3v) is 4.06. The van der Waals surface area contributed by atoms with Gasteiger partial charge in [0.05, 0.1) is 27.4 Å². The highest BCUT2D eigenvalue weighted by atomic mass is 35.5. The van der Waals surface area contributed by atoms with Crippen molar-refractivity contribution in [3.8, 4) is 11.3 Å². The van der Waals surface area contributed by atoms with Gasteiger partial charge < -0.3 is 9.36 Å². The molecule has 0 aliphatic rings. The first-order valence-corrected chi connectivity index (χ1v) is 8.04. The fourth-order valence-corrected chi connectivity index (χ4v) is 2.77. The van der Waals surface area contributed by atoms with E-state index in [1.807, 2.05) is 0 Å². The smallest absolute Gasteiger partial charge is 0.360 e. The van der Waals surface area contributed by atoms with Crippen LogP contribution in [0.15, 0.2) is 58.2 Å². The fraction of sp³-hybridized carbons (Fsp3) is 0.0556. The summed E-state index contributed by atoms with van der Waals surface area (Å²) in [5.74, 6) is -0.0752. The lowest BCUT2D eigenvalue weighted by atomic mass is 10.1. The summed E-state index contributed by atoms with van der Waals surface area (Å²) in [7, 11) is 0. The predicted octanol–water partition coefficient (Wildman–Crippen LogP) is 5.15. The van der Waals surface area contributed by atoms with E-state index >= 15 is 0 Å². The van der Waals surface area contributed by atoms with Gasteiger partial charge in [-0.25, -0.2) is 4.79 Å².